The van der Waals surface area contributed by atoms with Gasteiger partial charge < -0.3 is 4.74 Å². The normalized spacial score (nSPS) is 11.2. The van der Waals surface area contributed by atoms with E-state index in [0.717, 1.165) is 22.2 Å². The first-order chi connectivity index (χ1) is 9.94. The quantitative estimate of drug-likeness (QED) is 0.814. The molecule has 0 saturated carbocycles. The lowest BCUT2D eigenvalue weighted by molar-refractivity contribution is -0.139. The van der Waals surface area contributed by atoms with Crippen molar-refractivity contribution in [1.82, 2.24) is 0 Å². The standard InChI is InChI=1S/C15H12F3NOS/c1-2-11-4-5-12(21-11)9-20-14-6-3-10(8-19)7-13(14)15(16,17)18/h3-7H,2,9H2,1H3. The fraction of sp³-hybridized carbons (Fsp3) is 0.267. The van der Waals surface area contributed by atoms with E-state index in [0.29, 0.717) is 0 Å². The van der Waals surface area contributed by atoms with E-state index in [1.165, 1.54) is 23.5 Å². The molecule has 1 aromatic heterocycles. The van der Waals surface area contributed by atoms with Crippen molar-refractivity contribution in [2.45, 2.75) is 26.1 Å². The molecule has 1 heterocycles. The molecule has 0 aliphatic rings. The predicted molar refractivity (Wildman–Crippen MR) is 74.2 cm³/mol. The van der Waals surface area contributed by atoms with Crippen LogP contribution in [0.3, 0.4) is 0 Å². The van der Waals surface area contributed by atoms with Crippen molar-refractivity contribution in [2.24, 2.45) is 0 Å². The van der Waals surface area contributed by atoms with Crippen LogP contribution in [0.2, 0.25) is 0 Å². The number of alkyl halides is 3. The fourth-order valence-corrected chi connectivity index (χ4v) is 2.66. The van der Waals surface area contributed by atoms with Gasteiger partial charge in [-0.2, -0.15) is 18.4 Å². The summed E-state index contributed by atoms with van der Waals surface area (Å²) in [4.78, 5) is 2.02. The first-order valence-electron chi connectivity index (χ1n) is 6.25. The lowest BCUT2D eigenvalue weighted by Gasteiger charge is -2.13. The minimum absolute atomic E-state index is 0.0425. The van der Waals surface area contributed by atoms with Crippen molar-refractivity contribution in [3.63, 3.8) is 0 Å². The number of halogens is 3. The molecule has 0 aliphatic carbocycles. The van der Waals surface area contributed by atoms with E-state index < -0.39 is 11.7 Å². The second-order valence-corrected chi connectivity index (χ2v) is 5.58. The van der Waals surface area contributed by atoms with Gasteiger partial charge in [0.25, 0.3) is 0 Å². The lowest BCUT2D eigenvalue weighted by Crippen LogP contribution is -2.09. The summed E-state index contributed by atoms with van der Waals surface area (Å²) in [7, 11) is 0. The molecular weight excluding hydrogens is 299 g/mol. The zero-order valence-corrected chi connectivity index (χ0v) is 12.0. The van der Waals surface area contributed by atoms with Crippen LogP contribution in [0.5, 0.6) is 5.75 Å². The summed E-state index contributed by atoms with van der Waals surface area (Å²) in [5.74, 6) is -0.257. The van der Waals surface area contributed by atoms with Gasteiger partial charge in [-0.15, -0.1) is 11.3 Å². The minimum atomic E-state index is -4.55. The zero-order valence-electron chi connectivity index (χ0n) is 11.2. The maximum atomic E-state index is 13.0. The molecule has 2 rings (SSSR count). The van der Waals surface area contributed by atoms with E-state index in [-0.39, 0.29) is 17.9 Å². The van der Waals surface area contributed by atoms with Gasteiger partial charge in [0.1, 0.15) is 12.4 Å². The molecule has 0 atom stereocenters. The Balaban J connectivity index is 2.21. The molecule has 0 bridgehead atoms. The first-order valence-corrected chi connectivity index (χ1v) is 7.07. The number of nitriles is 1. The monoisotopic (exact) mass is 311 g/mol. The van der Waals surface area contributed by atoms with Crippen LogP contribution in [-0.2, 0) is 19.2 Å². The summed E-state index contributed by atoms with van der Waals surface area (Å²) in [6, 6.07) is 8.80. The number of nitrogens with zero attached hydrogens (tertiary/aromatic N) is 1. The van der Waals surface area contributed by atoms with Crippen LogP contribution < -0.4 is 4.74 Å². The third kappa shape index (κ3) is 3.76. The van der Waals surface area contributed by atoms with E-state index in [1.54, 1.807) is 6.07 Å². The predicted octanol–water partition coefficient (Wildman–Crippen LogP) is 4.78. The first kappa shape index (κ1) is 15.4. The highest BCUT2D eigenvalue weighted by atomic mass is 32.1. The Kier molecular flexibility index (Phi) is 4.53. The van der Waals surface area contributed by atoms with Crippen molar-refractivity contribution < 1.29 is 17.9 Å². The van der Waals surface area contributed by atoms with Gasteiger partial charge >= 0.3 is 6.18 Å². The highest BCUT2D eigenvalue weighted by molar-refractivity contribution is 7.11. The lowest BCUT2D eigenvalue weighted by atomic mass is 10.1. The molecule has 0 spiro atoms. The van der Waals surface area contributed by atoms with E-state index in [9.17, 15) is 13.2 Å². The van der Waals surface area contributed by atoms with Gasteiger partial charge in [0.2, 0.25) is 0 Å². The number of thiophene rings is 1. The molecule has 6 heteroatoms. The van der Waals surface area contributed by atoms with Gasteiger partial charge in [-0.1, -0.05) is 6.92 Å². The average Bonchev–Trinajstić information content (AvgIpc) is 2.92. The summed E-state index contributed by atoms with van der Waals surface area (Å²) in [6.45, 7) is 2.10. The number of aryl methyl sites for hydroxylation is 1. The topological polar surface area (TPSA) is 33.0 Å². The number of ether oxygens (including phenoxy) is 1. The molecule has 21 heavy (non-hydrogen) atoms. The highest BCUT2D eigenvalue weighted by Crippen LogP contribution is 2.37. The Morgan fingerprint density at radius 1 is 1.19 bits per heavy atom. The summed E-state index contributed by atoms with van der Waals surface area (Å²) in [6.07, 6.45) is -3.67. The molecule has 0 amide bonds. The van der Waals surface area contributed by atoms with Crippen LogP contribution in [0.1, 0.15) is 27.8 Å². The maximum Gasteiger partial charge on any atom is 0.420 e. The number of hydrogen-bond donors (Lipinski definition) is 0. The van der Waals surface area contributed by atoms with Crippen LogP contribution in [-0.4, -0.2) is 0 Å². The zero-order chi connectivity index (χ0) is 15.5. The van der Waals surface area contributed by atoms with Crippen LogP contribution in [0.15, 0.2) is 30.3 Å². The number of benzene rings is 1. The van der Waals surface area contributed by atoms with Crippen LogP contribution in [0, 0.1) is 11.3 Å². The Hall–Kier alpha value is -2.00. The van der Waals surface area contributed by atoms with Crippen LogP contribution >= 0.6 is 11.3 Å². The number of rotatable bonds is 4. The molecule has 0 saturated heterocycles. The Bertz CT molecular complexity index is 670. The molecule has 1 aromatic carbocycles. The summed E-state index contributed by atoms with van der Waals surface area (Å²) < 4.78 is 44.2. The second kappa shape index (κ2) is 6.19. The van der Waals surface area contributed by atoms with Gasteiger partial charge in [-0.25, -0.2) is 0 Å². The van der Waals surface area contributed by atoms with Crippen molar-refractivity contribution in [1.29, 1.82) is 5.26 Å². The maximum absolute atomic E-state index is 13.0. The Morgan fingerprint density at radius 3 is 2.48 bits per heavy atom. The molecule has 0 N–H and O–H groups in total. The molecule has 0 unspecified atom stereocenters. The van der Waals surface area contributed by atoms with Gasteiger partial charge in [-0.05, 0) is 36.8 Å². The van der Waals surface area contributed by atoms with E-state index in [4.69, 9.17) is 10.00 Å². The smallest absolute Gasteiger partial charge is 0.420 e. The molecule has 2 nitrogen and oxygen atoms in total. The molecule has 2 aromatic rings. The van der Waals surface area contributed by atoms with Gasteiger partial charge in [-0.3, -0.25) is 0 Å². The largest absolute Gasteiger partial charge is 0.487 e. The fourth-order valence-electron chi connectivity index (χ4n) is 1.79. The average molecular weight is 311 g/mol. The van der Waals surface area contributed by atoms with Gasteiger partial charge in [0.05, 0.1) is 17.2 Å². The van der Waals surface area contributed by atoms with E-state index >= 15 is 0 Å². The third-order valence-electron chi connectivity index (χ3n) is 2.85. The van der Waals surface area contributed by atoms with Crippen LogP contribution in [0.4, 0.5) is 13.2 Å². The highest BCUT2D eigenvalue weighted by Gasteiger charge is 2.34. The van der Waals surface area contributed by atoms with Crippen molar-refractivity contribution in [2.75, 3.05) is 0 Å². The molecular formula is C15H12F3NOS. The summed E-state index contributed by atoms with van der Waals surface area (Å²) >= 11 is 1.51. The van der Waals surface area contributed by atoms with E-state index in [2.05, 4.69) is 0 Å². The van der Waals surface area contributed by atoms with Crippen molar-refractivity contribution in [3.8, 4) is 11.8 Å². The third-order valence-corrected chi connectivity index (χ3v) is 4.05. The van der Waals surface area contributed by atoms with Crippen molar-refractivity contribution in [3.05, 3.63) is 51.2 Å². The molecule has 110 valence electrons. The van der Waals surface area contributed by atoms with Crippen molar-refractivity contribution >= 4 is 11.3 Å². The molecule has 0 radical (unpaired) electrons. The Labute approximate surface area is 124 Å². The Morgan fingerprint density at radius 2 is 1.90 bits per heavy atom. The SMILES string of the molecule is CCc1ccc(COc2ccc(C#N)cc2C(F)(F)F)s1. The number of hydrogen-bond acceptors (Lipinski definition) is 3. The summed E-state index contributed by atoms with van der Waals surface area (Å²) in [5.41, 5.74) is -0.965. The van der Waals surface area contributed by atoms with Crippen LogP contribution in [0.25, 0.3) is 0 Å². The van der Waals surface area contributed by atoms with Gasteiger partial charge in [0, 0.05) is 9.75 Å². The second-order valence-electron chi connectivity index (χ2n) is 4.33. The molecule has 0 aliphatic heterocycles. The molecule has 0 fully saturated rings. The van der Waals surface area contributed by atoms with E-state index in [1.807, 2.05) is 19.1 Å². The minimum Gasteiger partial charge on any atom is -0.487 e. The summed E-state index contributed by atoms with van der Waals surface area (Å²) in [5, 5.41) is 8.70. The van der Waals surface area contributed by atoms with Gasteiger partial charge in [0.15, 0.2) is 0 Å².